The number of aryl methyl sites for hydroxylation is 2. The van der Waals surface area contributed by atoms with Gasteiger partial charge in [0.2, 0.25) is 0 Å². The van der Waals surface area contributed by atoms with E-state index in [1.807, 2.05) is 6.92 Å². The van der Waals surface area contributed by atoms with Crippen LogP contribution in [0, 0.1) is 19.3 Å². The molecule has 0 aliphatic heterocycles. The molecule has 0 amide bonds. The van der Waals surface area contributed by atoms with Crippen LogP contribution in [0.3, 0.4) is 0 Å². The summed E-state index contributed by atoms with van der Waals surface area (Å²) >= 11 is 1.71. The maximum atomic E-state index is 7.27. The average molecular weight is 240 g/mol. The van der Waals surface area contributed by atoms with Crippen molar-refractivity contribution in [2.45, 2.75) is 40.2 Å². The Hall–Kier alpha value is -1.10. The van der Waals surface area contributed by atoms with Gasteiger partial charge in [-0.25, -0.2) is 4.98 Å². The topological polar surface area (TPSA) is 66.0 Å². The number of hydrogen-bond acceptors (Lipinski definition) is 4. The molecule has 0 saturated carbocycles. The van der Waals surface area contributed by atoms with Crippen LogP contribution in [0.4, 0.5) is 5.13 Å². The van der Waals surface area contributed by atoms with E-state index in [0.717, 1.165) is 17.4 Å². The highest BCUT2D eigenvalue weighted by Gasteiger charge is 2.15. The lowest BCUT2D eigenvalue weighted by Crippen LogP contribution is -2.33. The lowest BCUT2D eigenvalue weighted by atomic mass is 10.3. The molecule has 0 atom stereocenters. The van der Waals surface area contributed by atoms with Crippen molar-refractivity contribution in [1.82, 2.24) is 4.98 Å². The Kier molecular flexibility index (Phi) is 4.29. The van der Waals surface area contributed by atoms with Crippen molar-refractivity contribution in [2.75, 3.05) is 11.4 Å². The third kappa shape index (κ3) is 3.20. The molecule has 0 fully saturated rings. The second kappa shape index (κ2) is 5.30. The first-order valence-corrected chi connectivity index (χ1v) is 6.27. The van der Waals surface area contributed by atoms with Gasteiger partial charge in [0.1, 0.15) is 0 Å². The summed E-state index contributed by atoms with van der Waals surface area (Å²) in [7, 11) is 0. The second-order valence-corrected chi connectivity index (χ2v) is 5.38. The highest BCUT2D eigenvalue weighted by molar-refractivity contribution is 7.15. The Morgan fingerprint density at radius 3 is 2.50 bits per heavy atom. The molecule has 90 valence electrons. The number of nitrogens with one attached hydrogen (secondary N) is 1. The summed E-state index contributed by atoms with van der Waals surface area (Å²) in [5, 5.41) is 8.31. The molecule has 1 rings (SSSR count). The molecule has 0 aromatic carbocycles. The number of aromatic nitrogens is 1. The monoisotopic (exact) mass is 240 g/mol. The molecule has 0 bridgehead atoms. The number of rotatable bonds is 5. The highest BCUT2D eigenvalue weighted by atomic mass is 32.1. The fraction of sp³-hybridized carbons (Fsp3) is 0.636. The molecule has 16 heavy (non-hydrogen) atoms. The van der Waals surface area contributed by atoms with E-state index in [9.17, 15) is 0 Å². The zero-order valence-electron chi connectivity index (χ0n) is 10.4. The first-order chi connectivity index (χ1) is 7.41. The summed E-state index contributed by atoms with van der Waals surface area (Å²) in [5.74, 6) is 0.232. The molecule has 1 heterocycles. The van der Waals surface area contributed by atoms with Crippen molar-refractivity contribution in [3.05, 3.63) is 10.6 Å². The van der Waals surface area contributed by atoms with Gasteiger partial charge in [0.25, 0.3) is 0 Å². The normalized spacial score (nSPS) is 10.8. The number of hydrogen-bond donors (Lipinski definition) is 2. The number of thiazole rings is 1. The van der Waals surface area contributed by atoms with Crippen molar-refractivity contribution in [3.63, 3.8) is 0 Å². The summed E-state index contributed by atoms with van der Waals surface area (Å²) in [6, 6.07) is 0.379. The fourth-order valence-corrected chi connectivity index (χ4v) is 2.46. The third-order valence-electron chi connectivity index (χ3n) is 2.51. The third-order valence-corrected chi connectivity index (χ3v) is 3.62. The van der Waals surface area contributed by atoms with E-state index < -0.39 is 0 Å². The Bertz CT molecular complexity index is 351. The van der Waals surface area contributed by atoms with E-state index in [4.69, 9.17) is 11.1 Å². The molecule has 0 unspecified atom stereocenters. The van der Waals surface area contributed by atoms with Gasteiger partial charge in [-0.05, 0) is 27.7 Å². The minimum Gasteiger partial charge on any atom is -0.388 e. The maximum Gasteiger partial charge on any atom is 0.186 e. The lowest BCUT2D eigenvalue weighted by Gasteiger charge is -2.25. The van der Waals surface area contributed by atoms with Crippen molar-refractivity contribution in [2.24, 2.45) is 5.73 Å². The number of nitrogens with two attached hydrogens (primary N) is 1. The summed E-state index contributed by atoms with van der Waals surface area (Å²) in [6.07, 6.45) is 0.593. The van der Waals surface area contributed by atoms with Crippen molar-refractivity contribution in [3.8, 4) is 0 Å². The van der Waals surface area contributed by atoms with Crippen LogP contribution in [0.2, 0.25) is 0 Å². The summed E-state index contributed by atoms with van der Waals surface area (Å²) in [4.78, 5) is 8.00. The molecule has 0 aliphatic rings. The van der Waals surface area contributed by atoms with Crippen molar-refractivity contribution < 1.29 is 0 Å². The predicted octanol–water partition coefficient (Wildman–Crippen LogP) is 2.30. The smallest absolute Gasteiger partial charge is 0.186 e. The maximum absolute atomic E-state index is 7.27. The molecular formula is C11H20N4S. The van der Waals surface area contributed by atoms with Gasteiger partial charge in [0, 0.05) is 23.9 Å². The minimum absolute atomic E-state index is 0.232. The predicted molar refractivity (Wildman–Crippen MR) is 70.6 cm³/mol. The molecule has 1 aromatic rings. The highest BCUT2D eigenvalue weighted by Crippen LogP contribution is 2.26. The van der Waals surface area contributed by atoms with Gasteiger partial charge in [-0.3, -0.25) is 5.41 Å². The first-order valence-electron chi connectivity index (χ1n) is 5.45. The van der Waals surface area contributed by atoms with Crippen LogP contribution >= 0.6 is 11.3 Å². The number of nitrogens with zero attached hydrogens (tertiary/aromatic N) is 2. The van der Waals surface area contributed by atoms with Crippen LogP contribution in [0.15, 0.2) is 0 Å². The number of amidine groups is 1. The molecule has 0 spiro atoms. The Morgan fingerprint density at radius 1 is 1.50 bits per heavy atom. The van der Waals surface area contributed by atoms with Gasteiger partial charge in [-0.15, -0.1) is 11.3 Å². The van der Waals surface area contributed by atoms with Gasteiger partial charge in [-0.2, -0.15) is 0 Å². The average Bonchev–Trinajstić information content (AvgIpc) is 2.46. The molecule has 3 N–H and O–H groups in total. The van der Waals surface area contributed by atoms with E-state index in [-0.39, 0.29) is 5.84 Å². The Balaban J connectivity index is 2.81. The number of anilines is 1. The van der Waals surface area contributed by atoms with Crippen molar-refractivity contribution in [1.29, 1.82) is 5.41 Å². The van der Waals surface area contributed by atoms with E-state index in [1.54, 1.807) is 11.3 Å². The minimum atomic E-state index is 0.232. The van der Waals surface area contributed by atoms with Crippen LogP contribution in [0.5, 0.6) is 0 Å². The van der Waals surface area contributed by atoms with Crippen LogP contribution in [-0.4, -0.2) is 23.4 Å². The molecule has 0 radical (unpaired) electrons. The van der Waals surface area contributed by atoms with Gasteiger partial charge in [-0.1, -0.05) is 0 Å². The standard InChI is InChI=1S/C11H20N4S/c1-7(2)15(6-5-10(12)13)11-14-8(3)9(4)16-11/h7H,5-6H2,1-4H3,(H3,12,13). The van der Waals surface area contributed by atoms with Crippen LogP contribution in [-0.2, 0) is 0 Å². The Morgan fingerprint density at radius 2 is 2.12 bits per heavy atom. The second-order valence-electron chi connectivity index (χ2n) is 4.20. The van der Waals surface area contributed by atoms with Crippen LogP contribution < -0.4 is 10.6 Å². The summed E-state index contributed by atoms with van der Waals surface area (Å²) < 4.78 is 0. The fourth-order valence-electron chi connectivity index (χ4n) is 1.39. The zero-order valence-corrected chi connectivity index (χ0v) is 11.2. The molecule has 0 saturated heterocycles. The van der Waals surface area contributed by atoms with Crippen LogP contribution in [0.25, 0.3) is 0 Å². The summed E-state index contributed by atoms with van der Waals surface area (Å²) in [5.41, 5.74) is 6.48. The molecule has 4 nitrogen and oxygen atoms in total. The zero-order chi connectivity index (χ0) is 12.3. The van der Waals surface area contributed by atoms with Gasteiger partial charge in [0.15, 0.2) is 5.13 Å². The van der Waals surface area contributed by atoms with E-state index in [2.05, 4.69) is 30.7 Å². The Labute approximate surface area is 101 Å². The molecule has 1 aromatic heterocycles. The first kappa shape index (κ1) is 13.0. The van der Waals surface area contributed by atoms with Gasteiger partial charge < -0.3 is 10.6 Å². The van der Waals surface area contributed by atoms with Gasteiger partial charge in [0.05, 0.1) is 11.5 Å². The van der Waals surface area contributed by atoms with Crippen LogP contribution in [0.1, 0.15) is 30.8 Å². The van der Waals surface area contributed by atoms with Gasteiger partial charge >= 0.3 is 0 Å². The van der Waals surface area contributed by atoms with E-state index >= 15 is 0 Å². The quantitative estimate of drug-likeness (QED) is 0.613. The molecular weight excluding hydrogens is 220 g/mol. The van der Waals surface area contributed by atoms with E-state index in [0.29, 0.717) is 12.5 Å². The van der Waals surface area contributed by atoms with E-state index in [1.165, 1.54) is 4.88 Å². The SMILES string of the molecule is Cc1nc(N(CCC(=N)N)C(C)C)sc1C. The molecule has 0 aliphatic carbocycles. The summed E-state index contributed by atoms with van der Waals surface area (Å²) in [6.45, 7) is 9.14. The lowest BCUT2D eigenvalue weighted by molar-refractivity contribution is 0.686. The molecule has 5 heteroatoms. The van der Waals surface area contributed by atoms with Crippen molar-refractivity contribution >= 4 is 22.3 Å². The largest absolute Gasteiger partial charge is 0.388 e.